The highest BCUT2D eigenvalue weighted by Gasteiger charge is 2.25. The topological polar surface area (TPSA) is 30.5 Å². The predicted molar refractivity (Wildman–Crippen MR) is 96.1 cm³/mol. The van der Waals surface area contributed by atoms with Crippen LogP contribution in [-0.4, -0.2) is 19.8 Å². The second-order valence-electron chi connectivity index (χ2n) is 7.70. The van der Waals surface area contributed by atoms with Gasteiger partial charge in [0.2, 0.25) is 0 Å². The van der Waals surface area contributed by atoms with Gasteiger partial charge in [0.1, 0.15) is 13.2 Å². The second kappa shape index (κ2) is 5.82. The Hall–Kier alpha value is -2.00. The maximum absolute atomic E-state index is 5.78. The SMILES string of the molecule is CC(C)(C)c1ccc(C2NCCc3cc4c(cc32)OCCO4)cc1. The molecule has 4 rings (SSSR count). The average Bonchev–Trinajstić information content (AvgIpc) is 2.59. The van der Waals surface area contributed by atoms with Crippen molar-refractivity contribution in [3.8, 4) is 11.5 Å². The highest BCUT2D eigenvalue weighted by molar-refractivity contribution is 5.52. The lowest BCUT2D eigenvalue weighted by Gasteiger charge is -2.30. The molecular weight excluding hydrogens is 298 g/mol. The first kappa shape index (κ1) is 15.5. The molecule has 0 radical (unpaired) electrons. The van der Waals surface area contributed by atoms with E-state index in [4.69, 9.17) is 9.47 Å². The van der Waals surface area contributed by atoms with Crippen LogP contribution in [0.3, 0.4) is 0 Å². The molecule has 2 aromatic carbocycles. The smallest absolute Gasteiger partial charge is 0.161 e. The van der Waals surface area contributed by atoms with Crippen molar-refractivity contribution >= 4 is 0 Å². The van der Waals surface area contributed by atoms with Crippen LogP contribution in [0.4, 0.5) is 0 Å². The van der Waals surface area contributed by atoms with E-state index < -0.39 is 0 Å². The molecule has 0 aromatic heterocycles. The molecule has 2 heterocycles. The third-order valence-corrected chi connectivity index (χ3v) is 4.97. The number of hydrogen-bond acceptors (Lipinski definition) is 3. The molecule has 3 nitrogen and oxygen atoms in total. The molecule has 0 fully saturated rings. The highest BCUT2D eigenvalue weighted by atomic mass is 16.6. The zero-order chi connectivity index (χ0) is 16.7. The van der Waals surface area contributed by atoms with Crippen molar-refractivity contribution < 1.29 is 9.47 Å². The minimum atomic E-state index is 0.181. The summed E-state index contributed by atoms with van der Waals surface area (Å²) in [5, 5.41) is 3.66. The van der Waals surface area contributed by atoms with E-state index >= 15 is 0 Å². The van der Waals surface area contributed by atoms with E-state index in [-0.39, 0.29) is 11.5 Å². The predicted octanol–water partition coefficient (Wildman–Crippen LogP) is 3.99. The van der Waals surface area contributed by atoms with Crippen LogP contribution >= 0.6 is 0 Å². The van der Waals surface area contributed by atoms with Crippen LogP contribution < -0.4 is 14.8 Å². The molecule has 0 amide bonds. The van der Waals surface area contributed by atoms with Crippen molar-refractivity contribution in [3.05, 3.63) is 58.7 Å². The summed E-state index contributed by atoms with van der Waals surface area (Å²) < 4.78 is 11.5. The largest absolute Gasteiger partial charge is 0.486 e. The zero-order valence-electron chi connectivity index (χ0n) is 14.7. The van der Waals surface area contributed by atoms with Gasteiger partial charge < -0.3 is 14.8 Å². The Kier molecular flexibility index (Phi) is 3.76. The lowest BCUT2D eigenvalue weighted by atomic mass is 9.84. The molecule has 2 aliphatic heterocycles. The summed E-state index contributed by atoms with van der Waals surface area (Å²) in [6, 6.07) is 13.6. The van der Waals surface area contributed by atoms with E-state index in [0.717, 1.165) is 24.5 Å². The summed E-state index contributed by atoms with van der Waals surface area (Å²) in [6.45, 7) is 9.00. The molecule has 0 saturated carbocycles. The van der Waals surface area contributed by atoms with Crippen molar-refractivity contribution in [1.82, 2.24) is 5.32 Å². The molecule has 0 bridgehead atoms. The monoisotopic (exact) mass is 323 g/mol. The summed E-state index contributed by atoms with van der Waals surface area (Å²) in [7, 11) is 0. The highest BCUT2D eigenvalue weighted by Crippen LogP contribution is 2.39. The molecular formula is C21H25NO2. The van der Waals surface area contributed by atoms with Crippen LogP contribution in [0.2, 0.25) is 0 Å². The minimum absolute atomic E-state index is 0.181. The molecule has 24 heavy (non-hydrogen) atoms. The van der Waals surface area contributed by atoms with Gasteiger partial charge >= 0.3 is 0 Å². The Labute approximate surface area is 144 Å². The zero-order valence-corrected chi connectivity index (χ0v) is 14.7. The number of nitrogens with one attached hydrogen (secondary N) is 1. The van der Waals surface area contributed by atoms with Crippen LogP contribution in [0.15, 0.2) is 36.4 Å². The van der Waals surface area contributed by atoms with Crippen LogP contribution in [0.25, 0.3) is 0 Å². The Bertz CT molecular complexity index is 744. The lowest BCUT2D eigenvalue weighted by molar-refractivity contribution is 0.171. The van der Waals surface area contributed by atoms with Gasteiger partial charge in [-0.3, -0.25) is 0 Å². The molecule has 0 spiro atoms. The van der Waals surface area contributed by atoms with E-state index in [9.17, 15) is 0 Å². The maximum atomic E-state index is 5.78. The second-order valence-corrected chi connectivity index (χ2v) is 7.70. The number of benzene rings is 2. The van der Waals surface area contributed by atoms with E-state index in [1.165, 1.54) is 22.3 Å². The first-order valence-corrected chi connectivity index (χ1v) is 8.78. The fourth-order valence-corrected chi connectivity index (χ4v) is 3.57. The van der Waals surface area contributed by atoms with Crippen LogP contribution in [0.5, 0.6) is 11.5 Å². The van der Waals surface area contributed by atoms with Gasteiger partial charge in [0.05, 0.1) is 6.04 Å². The van der Waals surface area contributed by atoms with Crippen LogP contribution in [-0.2, 0) is 11.8 Å². The lowest BCUT2D eigenvalue weighted by Crippen LogP contribution is -2.31. The van der Waals surface area contributed by atoms with E-state index in [0.29, 0.717) is 13.2 Å². The van der Waals surface area contributed by atoms with Crippen LogP contribution in [0.1, 0.15) is 49.1 Å². The van der Waals surface area contributed by atoms with Crippen LogP contribution in [0, 0.1) is 0 Å². The quantitative estimate of drug-likeness (QED) is 0.861. The summed E-state index contributed by atoms with van der Waals surface area (Å²) >= 11 is 0. The first-order chi connectivity index (χ1) is 11.5. The molecule has 1 atom stereocenters. The van der Waals surface area contributed by atoms with Crippen molar-refractivity contribution in [3.63, 3.8) is 0 Å². The first-order valence-electron chi connectivity index (χ1n) is 8.78. The Morgan fingerprint density at radius 3 is 2.29 bits per heavy atom. The molecule has 2 aromatic rings. The van der Waals surface area contributed by atoms with Crippen molar-refractivity contribution in [2.75, 3.05) is 19.8 Å². The number of hydrogen-bond donors (Lipinski definition) is 1. The minimum Gasteiger partial charge on any atom is -0.486 e. The van der Waals surface area contributed by atoms with Gasteiger partial charge in [0.15, 0.2) is 11.5 Å². The molecule has 2 aliphatic rings. The van der Waals surface area contributed by atoms with Gasteiger partial charge in [-0.2, -0.15) is 0 Å². The van der Waals surface area contributed by atoms with Gasteiger partial charge in [0.25, 0.3) is 0 Å². The third-order valence-electron chi connectivity index (χ3n) is 4.97. The average molecular weight is 323 g/mol. The van der Waals surface area contributed by atoms with Crippen molar-refractivity contribution in [2.45, 2.75) is 38.6 Å². The standard InChI is InChI=1S/C21H25NO2/c1-21(2,3)16-6-4-14(5-7-16)20-17-13-19-18(23-10-11-24-19)12-15(17)8-9-22-20/h4-7,12-13,20,22H,8-11H2,1-3H3. The summed E-state index contributed by atoms with van der Waals surface area (Å²) in [4.78, 5) is 0. The van der Waals surface area contributed by atoms with Gasteiger partial charge in [-0.05, 0) is 46.2 Å². The van der Waals surface area contributed by atoms with Gasteiger partial charge in [-0.1, -0.05) is 45.0 Å². The Morgan fingerprint density at radius 1 is 0.958 bits per heavy atom. The van der Waals surface area contributed by atoms with Crippen molar-refractivity contribution in [2.24, 2.45) is 0 Å². The normalized spacial score (nSPS) is 19.7. The fourth-order valence-electron chi connectivity index (χ4n) is 3.57. The summed E-state index contributed by atoms with van der Waals surface area (Å²) in [6.07, 6.45) is 1.03. The van der Waals surface area contributed by atoms with E-state index in [2.05, 4.69) is 62.5 Å². The van der Waals surface area contributed by atoms with E-state index in [1.807, 2.05) is 0 Å². The Balaban J connectivity index is 1.71. The summed E-state index contributed by atoms with van der Waals surface area (Å²) in [5.74, 6) is 1.77. The molecule has 126 valence electrons. The molecule has 1 unspecified atom stereocenters. The van der Waals surface area contributed by atoms with Crippen molar-refractivity contribution in [1.29, 1.82) is 0 Å². The van der Waals surface area contributed by atoms with E-state index in [1.54, 1.807) is 0 Å². The molecule has 0 saturated heterocycles. The van der Waals surface area contributed by atoms with Gasteiger partial charge in [-0.15, -0.1) is 0 Å². The third kappa shape index (κ3) is 2.78. The van der Waals surface area contributed by atoms with Gasteiger partial charge in [-0.25, -0.2) is 0 Å². The molecule has 0 aliphatic carbocycles. The van der Waals surface area contributed by atoms with Gasteiger partial charge in [0, 0.05) is 6.54 Å². The maximum Gasteiger partial charge on any atom is 0.161 e. The molecule has 3 heteroatoms. The number of ether oxygens (including phenoxy) is 2. The fraction of sp³-hybridized carbons (Fsp3) is 0.429. The number of rotatable bonds is 1. The Morgan fingerprint density at radius 2 is 1.62 bits per heavy atom. The molecule has 1 N–H and O–H groups in total. The number of fused-ring (bicyclic) bond motifs is 2. The summed E-state index contributed by atoms with van der Waals surface area (Å²) in [5.41, 5.74) is 5.53.